The number of aliphatic hydroxyl groups excluding tert-OH is 1. The van der Waals surface area contributed by atoms with Crippen LogP contribution in [0.3, 0.4) is 0 Å². The number of likely N-dealkylation sites (tertiary alicyclic amines) is 2. The molecule has 2 aromatic carbocycles. The molecule has 0 spiro atoms. The van der Waals surface area contributed by atoms with Gasteiger partial charge in [0.05, 0.1) is 12.6 Å². The fourth-order valence-corrected chi connectivity index (χ4v) is 7.74. The fraction of sp³-hybridized carbons (Fsp3) is 0.548. The minimum atomic E-state index is -1.00. The first-order chi connectivity index (χ1) is 29.2. The predicted molar refractivity (Wildman–Crippen MR) is 220 cm³/mol. The van der Waals surface area contributed by atoms with Crippen molar-refractivity contribution < 1.29 is 38.6 Å². The van der Waals surface area contributed by atoms with Gasteiger partial charge in [0, 0.05) is 32.0 Å². The number of alkyl carbamates (subject to hydrolysis) is 1. The highest BCUT2D eigenvalue weighted by Crippen LogP contribution is 2.24. The molecule has 4 unspecified atom stereocenters. The summed E-state index contributed by atoms with van der Waals surface area (Å²) in [6.45, 7) is 4.80. The summed E-state index contributed by atoms with van der Waals surface area (Å²) in [6.07, 6.45) is 4.11. The first-order valence-corrected chi connectivity index (χ1v) is 20.9. The van der Waals surface area contributed by atoms with Crippen molar-refractivity contribution in [3.63, 3.8) is 0 Å². The zero-order chi connectivity index (χ0) is 42.7. The van der Waals surface area contributed by atoms with Crippen LogP contribution >= 0.6 is 0 Å². The number of nitrogens with one attached hydrogen (secondary N) is 4. The van der Waals surface area contributed by atoms with Crippen LogP contribution < -0.4 is 16.0 Å². The second kappa shape index (κ2) is 23.6. The molecule has 2 aliphatic heterocycles. The van der Waals surface area contributed by atoms with Crippen LogP contribution in [0, 0.1) is 11.8 Å². The summed E-state index contributed by atoms with van der Waals surface area (Å²) in [5.41, 5.74) is 1.56. The summed E-state index contributed by atoms with van der Waals surface area (Å²) in [6, 6.07) is 15.8. The largest absolute Gasteiger partial charge is 0.444 e. The third kappa shape index (κ3) is 13.8. The number of piperidine rings is 1. The number of amides is 5. The van der Waals surface area contributed by atoms with Crippen LogP contribution in [0.5, 0.6) is 0 Å². The highest BCUT2D eigenvalue weighted by Gasteiger charge is 2.39. The van der Waals surface area contributed by atoms with E-state index in [0.29, 0.717) is 58.2 Å². The molecular weight excluding hydrogens is 773 g/mol. The Morgan fingerprint density at radius 2 is 1.57 bits per heavy atom. The molecule has 0 saturated carbocycles. The molecular formula is C42H58N10O8. The lowest BCUT2D eigenvalue weighted by atomic mass is 9.91. The Balaban J connectivity index is 1.22. The van der Waals surface area contributed by atoms with E-state index in [2.05, 4.69) is 41.6 Å². The summed E-state index contributed by atoms with van der Waals surface area (Å²) >= 11 is 0. The van der Waals surface area contributed by atoms with E-state index in [0.717, 1.165) is 30.4 Å². The molecule has 0 aliphatic carbocycles. The van der Waals surface area contributed by atoms with Crippen molar-refractivity contribution in [2.24, 2.45) is 16.8 Å². The van der Waals surface area contributed by atoms with Crippen LogP contribution in [0.1, 0.15) is 88.6 Å². The number of aliphatic imine (C=N–C) groups is 1. The summed E-state index contributed by atoms with van der Waals surface area (Å²) in [7, 11) is 0. The third-order valence-corrected chi connectivity index (χ3v) is 10.7. The van der Waals surface area contributed by atoms with E-state index < -0.39 is 42.1 Å². The highest BCUT2D eigenvalue weighted by atomic mass is 16.6. The van der Waals surface area contributed by atoms with Crippen molar-refractivity contribution in [1.82, 2.24) is 46.4 Å². The molecule has 3 heterocycles. The molecule has 2 saturated heterocycles. The average Bonchev–Trinajstić information content (AvgIpc) is 3.98. The Hall–Kier alpha value is -5.91. The number of carbonyl (C=O) groups excluding carboxylic acids is 5. The number of ether oxygens (including phenoxy) is 2. The van der Waals surface area contributed by atoms with E-state index in [1.54, 1.807) is 4.90 Å². The zero-order valence-electron chi connectivity index (χ0n) is 34.5. The van der Waals surface area contributed by atoms with Gasteiger partial charge in [-0.15, -0.1) is 15.2 Å². The average molecular weight is 831 g/mol. The van der Waals surface area contributed by atoms with Gasteiger partial charge in [-0.05, 0) is 62.0 Å². The second-order valence-electron chi connectivity index (χ2n) is 15.3. The maximum absolute atomic E-state index is 14.1. The lowest BCUT2D eigenvalue weighted by Gasteiger charge is -2.36. The van der Waals surface area contributed by atoms with Gasteiger partial charge in [-0.25, -0.2) is 9.59 Å². The van der Waals surface area contributed by atoms with Crippen molar-refractivity contribution in [3.05, 3.63) is 77.6 Å². The number of hydrogen-bond acceptors (Lipinski definition) is 11. The predicted octanol–water partition coefficient (Wildman–Crippen LogP) is 3.63. The molecule has 3 aromatic rings. The van der Waals surface area contributed by atoms with Crippen LogP contribution in [-0.2, 0) is 43.5 Å². The van der Waals surface area contributed by atoms with Crippen molar-refractivity contribution in [2.45, 2.75) is 109 Å². The van der Waals surface area contributed by atoms with Gasteiger partial charge in [0.1, 0.15) is 25.3 Å². The number of benzene rings is 2. The molecule has 18 heteroatoms. The Bertz CT molecular complexity index is 1840. The number of H-pyrrole nitrogens is 1. The van der Waals surface area contributed by atoms with Gasteiger partial charge in [-0.2, -0.15) is 5.21 Å². The molecule has 5 rings (SSSR count). The van der Waals surface area contributed by atoms with E-state index in [1.165, 1.54) is 4.90 Å². The van der Waals surface area contributed by atoms with Gasteiger partial charge in [0.2, 0.25) is 23.7 Å². The van der Waals surface area contributed by atoms with E-state index in [-0.39, 0.29) is 55.8 Å². The molecule has 5 amide bonds. The molecule has 324 valence electrons. The molecule has 5 N–H and O–H groups in total. The number of tetrazole rings is 1. The number of rotatable bonds is 18. The zero-order valence-corrected chi connectivity index (χ0v) is 34.5. The smallest absolute Gasteiger partial charge is 0.437 e. The number of aromatic nitrogens is 4. The number of aliphatic hydroxyl groups is 1. The third-order valence-electron chi connectivity index (χ3n) is 10.7. The molecule has 60 heavy (non-hydrogen) atoms. The molecule has 4 atom stereocenters. The summed E-state index contributed by atoms with van der Waals surface area (Å²) in [5, 5.41) is 33.0. The number of guanidine groups is 1. The first-order valence-electron chi connectivity index (χ1n) is 20.9. The van der Waals surface area contributed by atoms with E-state index in [9.17, 15) is 29.1 Å². The van der Waals surface area contributed by atoms with Gasteiger partial charge >= 0.3 is 12.2 Å². The van der Waals surface area contributed by atoms with E-state index in [1.807, 2.05) is 74.5 Å². The maximum Gasteiger partial charge on any atom is 0.437 e. The van der Waals surface area contributed by atoms with Crippen molar-refractivity contribution in [3.8, 4) is 0 Å². The van der Waals surface area contributed by atoms with Gasteiger partial charge in [0.25, 0.3) is 0 Å². The van der Waals surface area contributed by atoms with E-state index in [4.69, 9.17) is 9.47 Å². The van der Waals surface area contributed by atoms with Crippen molar-refractivity contribution in [2.75, 3.05) is 26.2 Å². The number of hydrogen-bond donors (Lipinski definition) is 5. The summed E-state index contributed by atoms with van der Waals surface area (Å²) in [4.78, 5) is 74.7. The monoisotopic (exact) mass is 830 g/mol. The first kappa shape index (κ1) is 45.2. The minimum absolute atomic E-state index is 0.00394. The lowest BCUT2D eigenvalue weighted by molar-refractivity contribution is -0.142. The van der Waals surface area contributed by atoms with Crippen LogP contribution in [-0.4, -0.2) is 116 Å². The van der Waals surface area contributed by atoms with Gasteiger partial charge < -0.3 is 35.0 Å². The van der Waals surface area contributed by atoms with Crippen LogP contribution in [0.4, 0.5) is 9.59 Å². The standard InChI is InChI=1S/C42H58N10O8/c1-3-13-32(14-4-2)37(54)44-34(24-36-47-49-50-48-36)39(56)52-22-12-20-35(52)38(55)43-33(26-53)23-31-19-11-21-51(25-31)40(45-41(57)59-27-29-15-7-5-8-16-29)46-42(58)60-28-30-17-9-6-10-18-30/h5-10,15-18,31-35,53H,3-4,11-14,19-28H2,1-2H3,(H,43,55)(H,44,54)(H,45,46,57,58)(H,47,48,49,50). The van der Waals surface area contributed by atoms with Crippen LogP contribution in [0.25, 0.3) is 0 Å². The lowest BCUT2D eigenvalue weighted by Crippen LogP contribution is -2.56. The van der Waals surface area contributed by atoms with Gasteiger partial charge in [0.15, 0.2) is 5.82 Å². The second-order valence-corrected chi connectivity index (χ2v) is 15.3. The van der Waals surface area contributed by atoms with Crippen LogP contribution in [0.15, 0.2) is 65.7 Å². The topological polar surface area (TPSA) is 233 Å². The molecule has 2 aliphatic rings. The fourth-order valence-electron chi connectivity index (χ4n) is 7.74. The number of aromatic amines is 1. The molecule has 18 nitrogen and oxygen atoms in total. The van der Waals surface area contributed by atoms with Gasteiger partial charge in [-0.3, -0.25) is 19.7 Å². The summed E-state index contributed by atoms with van der Waals surface area (Å²) < 4.78 is 10.8. The quantitative estimate of drug-likeness (QED) is 0.0914. The minimum Gasteiger partial charge on any atom is -0.444 e. The summed E-state index contributed by atoms with van der Waals surface area (Å²) in [5.74, 6) is -1.14. The number of carbonyl (C=O) groups is 5. The highest BCUT2D eigenvalue weighted by molar-refractivity contribution is 5.99. The van der Waals surface area contributed by atoms with E-state index >= 15 is 0 Å². The molecule has 1 aromatic heterocycles. The molecule has 0 bridgehead atoms. The Kier molecular flexibility index (Phi) is 17.8. The SMILES string of the molecule is CCCC(CCC)C(=O)NC(Cc1nn[nH]n1)C(=O)N1CCCC1C(=O)NC(CO)CC1CCCN(/C(=N/C(=O)OCc2ccccc2)NC(=O)OCc2ccccc2)C1. The van der Waals surface area contributed by atoms with Gasteiger partial charge in [-0.1, -0.05) is 92.6 Å². The van der Waals surface area contributed by atoms with Crippen LogP contribution in [0.2, 0.25) is 0 Å². The Morgan fingerprint density at radius 1 is 0.900 bits per heavy atom. The van der Waals surface area contributed by atoms with Crippen molar-refractivity contribution in [1.29, 1.82) is 0 Å². The molecule has 0 radical (unpaired) electrons. The van der Waals surface area contributed by atoms with Crippen molar-refractivity contribution >= 4 is 35.9 Å². The Morgan fingerprint density at radius 3 is 2.20 bits per heavy atom. The molecule has 2 fully saturated rings. The number of nitrogens with zero attached hydrogens (tertiary/aromatic N) is 6. The Labute approximate surface area is 350 Å². The maximum atomic E-state index is 14.1. The normalized spacial score (nSPS) is 17.8.